The molecule has 2 atom stereocenters. The Hall–Kier alpha value is -8.98. The van der Waals surface area contributed by atoms with Gasteiger partial charge >= 0.3 is 0 Å². The van der Waals surface area contributed by atoms with Gasteiger partial charge in [0.15, 0.2) is 0 Å². The number of anilines is 3. The van der Waals surface area contributed by atoms with Crippen molar-refractivity contribution in [3.8, 4) is 22.3 Å². The maximum atomic E-state index is 9.96. The quantitative estimate of drug-likeness (QED) is 0.0651. The molecule has 1 heterocycles. The predicted molar refractivity (Wildman–Crippen MR) is 299 cm³/mol. The number of nitrogens with zero attached hydrogens (tertiary/aromatic N) is 1. The minimum Gasteiger partial charge on any atom is -0.455 e. The fourth-order valence-electron chi connectivity index (χ4n) is 10.5. The highest BCUT2D eigenvalue weighted by Crippen LogP contribution is 2.57. The summed E-state index contributed by atoms with van der Waals surface area (Å²) in [6, 6.07) is 81.1. The molecule has 2 nitrogen and oxygen atoms in total. The molecule has 0 saturated carbocycles. The molecule has 0 radical (unpaired) electrons. The van der Waals surface area contributed by atoms with E-state index in [9.17, 15) is 5.48 Å². The van der Waals surface area contributed by atoms with E-state index in [-0.39, 0.29) is 29.8 Å². The summed E-state index contributed by atoms with van der Waals surface area (Å²) in [5.41, 5.74) is 14.1. The van der Waals surface area contributed by atoms with Gasteiger partial charge in [0.25, 0.3) is 0 Å². The number of hydrogen-bond donors (Lipinski definition) is 0. The second-order valence-electron chi connectivity index (χ2n) is 17.8. The summed E-state index contributed by atoms with van der Waals surface area (Å²) in [6.45, 7) is 0.877. The molecule has 338 valence electrons. The lowest BCUT2D eigenvalue weighted by Crippen LogP contribution is -2.28. The van der Waals surface area contributed by atoms with Gasteiger partial charge in [-0.3, -0.25) is 0 Å². The Morgan fingerprint density at radius 2 is 1.21 bits per heavy atom. The second kappa shape index (κ2) is 18.8. The summed E-state index contributed by atoms with van der Waals surface area (Å²) >= 11 is 0. The molecular formula is C69H51NO. The van der Waals surface area contributed by atoms with Crippen molar-refractivity contribution in [3.63, 3.8) is 0 Å². The Morgan fingerprint density at radius 1 is 0.577 bits per heavy atom. The van der Waals surface area contributed by atoms with E-state index in [1.165, 1.54) is 0 Å². The summed E-state index contributed by atoms with van der Waals surface area (Å²) < 4.78 is 62.6. The number of fused-ring (bicyclic) bond motifs is 6. The summed E-state index contributed by atoms with van der Waals surface area (Å²) in [4.78, 5) is 2.02. The van der Waals surface area contributed by atoms with Crippen LogP contribution in [0.3, 0.4) is 0 Å². The van der Waals surface area contributed by atoms with Crippen molar-refractivity contribution in [2.45, 2.75) is 17.7 Å². The highest BCUT2D eigenvalue weighted by molar-refractivity contribution is 6.09. The van der Waals surface area contributed by atoms with Crippen molar-refractivity contribution < 1.29 is 12.6 Å². The van der Waals surface area contributed by atoms with Crippen LogP contribution in [0.1, 0.15) is 59.5 Å². The van der Waals surface area contributed by atoms with Gasteiger partial charge in [0.05, 0.1) is 12.3 Å². The lowest BCUT2D eigenvalue weighted by atomic mass is 9.67. The average Bonchev–Trinajstić information content (AvgIpc) is 4.26. The van der Waals surface area contributed by atoms with Gasteiger partial charge in [0, 0.05) is 40.7 Å². The third-order valence-corrected chi connectivity index (χ3v) is 13.8. The van der Waals surface area contributed by atoms with Crippen molar-refractivity contribution in [2.75, 3.05) is 4.90 Å². The third kappa shape index (κ3) is 7.90. The molecule has 1 aromatic heterocycles. The molecule has 12 rings (SSSR count). The van der Waals surface area contributed by atoms with Crippen molar-refractivity contribution in [2.24, 2.45) is 0 Å². The van der Waals surface area contributed by atoms with Gasteiger partial charge in [-0.25, -0.2) is 0 Å². The van der Waals surface area contributed by atoms with Gasteiger partial charge < -0.3 is 9.32 Å². The van der Waals surface area contributed by atoms with Crippen LogP contribution in [0.25, 0.3) is 55.8 Å². The van der Waals surface area contributed by atoms with E-state index in [2.05, 4.69) is 121 Å². The van der Waals surface area contributed by atoms with Crippen molar-refractivity contribution >= 4 is 50.6 Å². The second-order valence-corrected chi connectivity index (χ2v) is 17.8. The highest BCUT2D eigenvalue weighted by atomic mass is 16.3. The van der Waals surface area contributed by atoms with Gasteiger partial charge in [-0.05, 0) is 116 Å². The molecule has 1 aliphatic rings. The van der Waals surface area contributed by atoms with E-state index in [1.54, 1.807) is 18.2 Å². The van der Waals surface area contributed by atoms with E-state index in [4.69, 9.17) is 7.16 Å². The summed E-state index contributed by atoms with van der Waals surface area (Å²) in [6.07, 6.45) is 2.21. The molecule has 0 aliphatic heterocycles. The van der Waals surface area contributed by atoms with Crippen LogP contribution in [0.15, 0.2) is 284 Å². The number of hydrogen-bond acceptors (Lipinski definition) is 2. The lowest BCUT2D eigenvalue weighted by Gasteiger charge is -2.35. The summed E-state index contributed by atoms with van der Waals surface area (Å²) in [5.74, 6) is -1.19. The molecule has 0 N–H and O–H groups in total. The van der Waals surface area contributed by atoms with E-state index in [0.29, 0.717) is 11.3 Å². The predicted octanol–water partition coefficient (Wildman–Crippen LogP) is 18.5. The minimum absolute atomic E-state index is 0.0181. The maximum Gasteiger partial charge on any atom is 0.143 e. The molecule has 0 bridgehead atoms. The number of rotatable bonds is 13. The lowest BCUT2D eigenvalue weighted by molar-refractivity contribution is 0.670. The zero-order valence-corrected chi connectivity index (χ0v) is 38.8. The van der Waals surface area contributed by atoms with Crippen LogP contribution in [0, 0.1) is 0 Å². The minimum atomic E-state index is -1.39. The monoisotopic (exact) mass is 915 g/mol. The molecule has 0 amide bonds. The normalized spacial score (nSPS) is 15.4. The van der Waals surface area contributed by atoms with Crippen LogP contribution in [-0.4, -0.2) is 0 Å². The van der Waals surface area contributed by atoms with Crippen LogP contribution in [0.2, 0.25) is 0 Å². The SMILES string of the molecule is [2H]C=C([2H])C(c1cc([2H])c(N(c2ccc(-c3cccc4c3oc3ccccc34)cc2)c2ccc3c(c2)C(c2ccccc2)(c2ccccc2)c2ccccc2-3)cc1[2H])C([2H])/C([2H])=C/C(=C/c1ccccc1)c1ccccc1. The number of furan rings is 1. The Kier molecular flexibility index (Phi) is 9.81. The van der Waals surface area contributed by atoms with Gasteiger partial charge in [-0.1, -0.05) is 230 Å². The molecule has 2 heteroatoms. The molecule has 1 aliphatic carbocycles. The van der Waals surface area contributed by atoms with Gasteiger partial charge in [-0.15, -0.1) is 6.55 Å². The Labute approximate surface area is 424 Å². The molecule has 0 saturated heterocycles. The zero-order chi connectivity index (χ0) is 52.6. The Balaban J connectivity index is 1.02. The molecule has 10 aromatic carbocycles. The summed E-state index contributed by atoms with van der Waals surface area (Å²) in [5, 5.41) is 2.08. The Bertz CT molecular complexity index is 4020. The zero-order valence-electron chi connectivity index (χ0n) is 44.8. The fourth-order valence-corrected chi connectivity index (χ4v) is 10.5. The molecule has 0 spiro atoms. The molecule has 2 unspecified atom stereocenters. The van der Waals surface area contributed by atoms with Crippen molar-refractivity contribution in [1.82, 2.24) is 0 Å². The maximum absolute atomic E-state index is 9.96. The van der Waals surface area contributed by atoms with Gasteiger partial charge in [-0.2, -0.15) is 0 Å². The standard InChI is InChI=1S/C69H51NO/c1-2-50(25-19-26-54(51-23-9-4-10-24-51)47-49-21-7-3-8-22-49)52-37-41-57(42-38-52)70(58-43-39-53(40-44-58)60-33-20-34-64-63-32-16-18-36-67(63)71-68(60)64)59-45-46-62-61-31-15-17-35-65(61)69(66(62)48-59,55-27-11-5-12-28-55)56-29-13-6-14-30-56/h2-24,26-48,50H,1,25H2/b26-19+,54-47-/i1D,2D,19D,25D,37D,42D/b2-1?,26-19+,54-47-. The van der Waals surface area contributed by atoms with E-state index >= 15 is 0 Å². The van der Waals surface area contributed by atoms with Crippen LogP contribution >= 0.6 is 0 Å². The fraction of sp³-hybridized carbons (Fsp3) is 0.0435. The number of para-hydroxylation sites is 2. The number of benzene rings is 10. The Morgan fingerprint density at radius 3 is 1.97 bits per heavy atom. The largest absolute Gasteiger partial charge is 0.455 e. The molecule has 0 fully saturated rings. The average molecular weight is 916 g/mol. The third-order valence-electron chi connectivity index (χ3n) is 13.8. The number of allylic oxidation sites excluding steroid dienone is 4. The first-order valence-corrected chi connectivity index (χ1v) is 24.0. The van der Waals surface area contributed by atoms with E-state index in [1.807, 2.05) is 120 Å². The first kappa shape index (κ1) is 37.0. The highest BCUT2D eigenvalue weighted by Gasteiger charge is 2.46. The summed E-state index contributed by atoms with van der Waals surface area (Å²) in [7, 11) is 0. The van der Waals surface area contributed by atoms with Crippen LogP contribution < -0.4 is 4.90 Å². The van der Waals surface area contributed by atoms with Crippen LogP contribution in [0.5, 0.6) is 0 Å². The molecule has 11 aromatic rings. The van der Waals surface area contributed by atoms with Crippen molar-refractivity contribution in [3.05, 3.63) is 318 Å². The topological polar surface area (TPSA) is 16.4 Å². The van der Waals surface area contributed by atoms with Gasteiger partial charge in [0.1, 0.15) is 11.2 Å². The molecular weight excluding hydrogens is 859 g/mol. The van der Waals surface area contributed by atoms with Gasteiger partial charge in [0.2, 0.25) is 0 Å². The van der Waals surface area contributed by atoms with E-state index in [0.717, 1.165) is 95.5 Å². The van der Waals surface area contributed by atoms with E-state index < -0.39 is 17.7 Å². The smallest absolute Gasteiger partial charge is 0.143 e. The molecule has 71 heavy (non-hydrogen) atoms. The van der Waals surface area contributed by atoms with Crippen molar-refractivity contribution in [1.29, 1.82) is 0 Å². The van der Waals surface area contributed by atoms with Crippen LogP contribution in [-0.2, 0) is 5.41 Å². The van der Waals surface area contributed by atoms with Crippen LogP contribution in [0.4, 0.5) is 17.1 Å². The first-order chi connectivity index (χ1) is 37.7. The first-order valence-electron chi connectivity index (χ1n) is 27.1.